The second-order valence-electron chi connectivity index (χ2n) is 11.1. The van der Waals surface area contributed by atoms with Gasteiger partial charge in [0.25, 0.3) is 11.9 Å². The zero-order valence-corrected chi connectivity index (χ0v) is 22.7. The minimum absolute atomic E-state index is 0.177. The fraction of sp³-hybridized carbons (Fsp3) is 0.593. The van der Waals surface area contributed by atoms with E-state index in [-0.39, 0.29) is 23.5 Å². The van der Waals surface area contributed by atoms with E-state index in [1.807, 2.05) is 11.8 Å². The molecule has 3 fully saturated rings. The largest absolute Gasteiger partial charge is 0.480 e. The minimum Gasteiger partial charge on any atom is -0.480 e. The average Bonchev–Trinajstić information content (AvgIpc) is 3.22. The highest BCUT2D eigenvalue weighted by molar-refractivity contribution is 6.03. The summed E-state index contributed by atoms with van der Waals surface area (Å²) in [4.78, 5) is 50.7. The van der Waals surface area contributed by atoms with E-state index in [0.717, 1.165) is 19.3 Å². The Kier molecular flexibility index (Phi) is 7.84. The van der Waals surface area contributed by atoms with Crippen molar-refractivity contribution >= 4 is 35.3 Å². The maximum absolute atomic E-state index is 13.7. The maximum Gasteiger partial charge on any atom is 0.437 e. The van der Waals surface area contributed by atoms with Gasteiger partial charge in [-0.05, 0) is 50.2 Å². The van der Waals surface area contributed by atoms with Gasteiger partial charge >= 0.3 is 12.1 Å². The van der Waals surface area contributed by atoms with Crippen molar-refractivity contribution in [3.05, 3.63) is 29.8 Å². The van der Waals surface area contributed by atoms with E-state index >= 15 is 0 Å². The average molecular weight is 579 g/mol. The van der Waals surface area contributed by atoms with Crippen molar-refractivity contribution in [1.82, 2.24) is 14.9 Å². The Hall–Kier alpha value is -3.84. The second kappa shape index (κ2) is 11.2. The number of oxazole rings is 1. The molecule has 2 aromatic rings. The Bertz CT molecular complexity index is 1290. The molecular weight excluding hydrogens is 545 g/mol. The number of halogens is 3. The Morgan fingerprint density at radius 1 is 1.05 bits per heavy atom. The third-order valence-corrected chi connectivity index (χ3v) is 8.16. The number of carboxylic acids is 1. The second-order valence-corrected chi connectivity index (χ2v) is 11.1. The highest BCUT2D eigenvalue weighted by Crippen LogP contribution is 2.43. The lowest BCUT2D eigenvalue weighted by Crippen LogP contribution is -2.53. The summed E-state index contributed by atoms with van der Waals surface area (Å²) in [6.45, 7) is 4.78. The molecule has 0 aromatic carbocycles. The predicted molar refractivity (Wildman–Crippen MR) is 142 cm³/mol. The number of alkyl halides is 3. The molecule has 41 heavy (non-hydrogen) atoms. The Balaban J connectivity index is 1.24. The summed E-state index contributed by atoms with van der Waals surface area (Å²) in [5.74, 6) is -2.57. The Morgan fingerprint density at radius 3 is 2.41 bits per heavy atom. The molecule has 2 N–H and O–H groups in total. The third-order valence-electron chi connectivity index (χ3n) is 8.16. The van der Waals surface area contributed by atoms with Crippen LogP contribution in [0.5, 0.6) is 0 Å². The fourth-order valence-corrected chi connectivity index (χ4v) is 5.69. The number of rotatable bonds is 6. The van der Waals surface area contributed by atoms with Gasteiger partial charge in [-0.25, -0.2) is 4.98 Å². The number of amides is 2. The first-order valence-electron chi connectivity index (χ1n) is 13.9. The normalized spacial score (nSPS) is 21.2. The SMILES string of the molecule is CC1CCCN(c2nc(C(F)(F)F)c(C(=O)Nc3ccc(N4CCCN(C(=O)C5(C(=O)O)CCC5)CC4)nc3)o2)C1. The number of anilines is 3. The number of aliphatic carboxylic acids is 1. The van der Waals surface area contributed by atoms with Gasteiger partial charge in [0.15, 0.2) is 5.69 Å². The summed E-state index contributed by atoms with van der Waals surface area (Å²) in [7, 11) is 0. The standard InChI is InChI=1S/C27H33F3N6O5/c1-17-5-2-10-36(16-17)25-33-21(27(28,29)30)20(41-25)22(37)32-18-6-7-19(31-15-18)34-11-4-12-35(14-13-34)23(38)26(24(39)40)8-3-9-26/h6-7,15,17H,2-5,8-14,16H2,1H3,(H,32,37)(H,39,40). The van der Waals surface area contributed by atoms with Crippen molar-refractivity contribution in [3.63, 3.8) is 0 Å². The van der Waals surface area contributed by atoms with Gasteiger partial charge in [0.2, 0.25) is 11.7 Å². The monoisotopic (exact) mass is 578 g/mol. The van der Waals surface area contributed by atoms with Crippen molar-refractivity contribution in [2.24, 2.45) is 11.3 Å². The quantitative estimate of drug-likeness (QED) is 0.490. The van der Waals surface area contributed by atoms with E-state index in [1.54, 1.807) is 15.9 Å². The van der Waals surface area contributed by atoms with E-state index in [4.69, 9.17) is 4.42 Å². The van der Waals surface area contributed by atoms with Crippen LogP contribution >= 0.6 is 0 Å². The van der Waals surface area contributed by atoms with E-state index in [9.17, 15) is 32.7 Å². The summed E-state index contributed by atoms with van der Waals surface area (Å²) >= 11 is 0. The van der Waals surface area contributed by atoms with Gasteiger partial charge < -0.3 is 29.5 Å². The molecule has 1 aliphatic carbocycles. The number of carbonyl (C=O) groups excluding carboxylic acids is 2. The molecule has 0 spiro atoms. The number of nitrogens with zero attached hydrogens (tertiary/aromatic N) is 5. The van der Waals surface area contributed by atoms with Crippen LogP contribution in [0.3, 0.4) is 0 Å². The summed E-state index contributed by atoms with van der Waals surface area (Å²) in [6, 6.07) is 2.94. The van der Waals surface area contributed by atoms with Crippen LogP contribution in [0.15, 0.2) is 22.7 Å². The van der Waals surface area contributed by atoms with Crippen LogP contribution < -0.4 is 15.1 Å². The van der Waals surface area contributed by atoms with E-state index < -0.39 is 34.9 Å². The van der Waals surface area contributed by atoms with Gasteiger partial charge in [0.1, 0.15) is 11.2 Å². The molecule has 4 heterocycles. The summed E-state index contributed by atoms with van der Waals surface area (Å²) in [5.41, 5.74) is -2.50. The number of piperidine rings is 1. The topological polar surface area (TPSA) is 132 Å². The molecule has 0 radical (unpaired) electrons. The summed E-state index contributed by atoms with van der Waals surface area (Å²) in [5, 5.41) is 12.0. The maximum atomic E-state index is 13.7. The molecule has 1 saturated carbocycles. The molecule has 5 rings (SSSR count). The van der Waals surface area contributed by atoms with Gasteiger partial charge in [-0.1, -0.05) is 13.3 Å². The zero-order chi connectivity index (χ0) is 29.4. The first-order valence-corrected chi connectivity index (χ1v) is 13.9. The first-order chi connectivity index (χ1) is 19.5. The van der Waals surface area contributed by atoms with Crippen molar-refractivity contribution in [2.45, 2.75) is 51.6 Å². The fourth-order valence-electron chi connectivity index (χ4n) is 5.69. The lowest BCUT2D eigenvalue weighted by molar-refractivity contribution is -0.167. The lowest BCUT2D eigenvalue weighted by atomic mass is 9.67. The van der Waals surface area contributed by atoms with E-state index in [0.29, 0.717) is 64.3 Å². The Morgan fingerprint density at radius 2 is 1.80 bits per heavy atom. The number of aromatic nitrogens is 2. The van der Waals surface area contributed by atoms with Crippen molar-refractivity contribution in [2.75, 3.05) is 54.4 Å². The number of carboxylic acid groups (broad SMARTS) is 1. The van der Waals surface area contributed by atoms with Crippen LogP contribution in [0.25, 0.3) is 0 Å². The molecule has 14 heteroatoms. The van der Waals surface area contributed by atoms with Crippen LogP contribution in [0.1, 0.15) is 61.7 Å². The molecule has 222 valence electrons. The summed E-state index contributed by atoms with van der Waals surface area (Å²) in [6.07, 6.45) is 0.260. The van der Waals surface area contributed by atoms with Crippen molar-refractivity contribution in [1.29, 1.82) is 0 Å². The number of hydrogen-bond donors (Lipinski definition) is 2. The molecule has 2 aliphatic heterocycles. The predicted octanol–water partition coefficient (Wildman–Crippen LogP) is 3.87. The van der Waals surface area contributed by atoms with Crippen LogP contribution in [-0.2, 0) is 15.8 Å². The van der Waals surface area contributed by atoms with Gasteiger partial charge in [-0.15, -0.1) is 0 Å². The molecule has 0 bridgehead atoms. The summed E-state index contributed by atoms with van der Waals surface area (Å²) < 4.78 is 46.5. The smallest absolute Gasteiger partial charge is 0.437 e. The van der Waals surface area contributed by atoms with Crippen molar-refractivity contribution < 1.29 is 37.1 Å². The van der Waals surface area contributed by atoms with Crippen LogP contribution in [0.2, 0.25) is 0 Å². The molecule has 2 amide bonds. The van der Waals surface area contributed by atoms with Crippen LogP contribution in [-0.4, -0.2) is 77.0 Å². The van der Waals surface area contributed by atoms with E-state index in [1.165, 1.54) is 12.3 Å². The highest BCUT2D eigenvalue weighted by Gasteiger charge is 2.53. The minimum atomic E-state index is -4.87. The van der Waals surface area contributed by atoms with Crippen LogP contribution in [0, 0.1) is 11.3 Å². The molecule has 1 atom stereocenters. The first kappa shape index (κ1) is 28.7. The molecule has 11 nitrogen and oxygen atoms in total. The van der Waals surface area contributed by atoms with Gasteiger partial charge in [-0.2, -0.15) is 18.2 Å². The lowest BCUT2D eigenvalue weighted by Gasteiger charge is -2.39. The van der Waals surface area contributed by atoms with Crippen molar-refractivity contribution in [3.8, 4) is 0 Å². The molecule has 2 aromatic heterocycles. The molecule has 1 unspecified atom stereocenters. The molecular formula is C27H33F3N6O5. The zero-order valence-electron chi connectivity index (χ0n) is 22.7. The third kappa shape index (κ3) is 5.82. The van der Waals surface area contributed by atoms with Gasteiger partial charge in [0.05, 0.1) is 11.9 Å². The molecule has 3 aliphatic rings. The molecule has 2 saturated heterocycles. The van der Waals surface area contributed by atoms with Crippen LogP contribution in [0.4, 0.5) is 30.7 Å². The van der Waals surface area contributed by atoms with Gasteiger partial charge in [0, 0.05) is 39.3 Å². The highest BCUT2D eigenvalue weighted by atomic mass is 19.4. The van der Waals surface area contributed by atoms with Gasteiger partial charge in [-0.3, -0.25) is 14.4 Å². The Labute approximate surface area is 234 Å². The number of carbonyl (C=O) groups is 3. The number of pyridine rings is 1. The number of hydrogen-bond acceptors (Lipinski definition) is 8. The van der Waals surface area contributed by atoms with E-state index in [2.05, 4.69) is 15.3 Å². The number of nitrogens with one attached hydrogen (secondary N) is 1.